The first-order chi connectivity index (χ1) is 9.61. The van der Waals surface area contributed by atoms with Gasteiger partial charge in [-0.3, -0.25) is 4.79 Å². The quantitative estimate of drug-likeness (QED) is 0.645. The Bertz CT molecular complexity index is 390. The molecule has 1 rings (SSSR count). The number of rotatable bonds is 10. The predicted octanol–water partition coefficient (Wildman–Crippen LogP) is 3.32. The summed E-state index contributed by atoms with van der Waals surface area (Å²) in [6, 6.07) is 8.06. The molecule has 0 aromatic heterocycles. The summed E-state index contributed by atoms with van der Waals surface area (Å²) in [5.41, 5.74) is 6.10. The summed E-state index contributed by atoms with van der Waals surface area (Å²) in [5.74, 6) is 0.192. The number of primary amides is 1. The van der Waals surface area contributed by atoms with E-state index in [0.29, 0.717) is 11.8 Å². The molecule has 0 saturated heterocycles. The number of carbonyl (C=O) groups excluding carboxylic acids is 1. The van der Waals surface area contributed by atoms with E-state index in [0.717, 1.165) is 5.69 Å². The van der Waals surface area contributed by atoms with Crippen molar-refractivity contribution in [2.24, 2.45) is 5.73 Å². The van der Waals surface area contributed by atoms with E-state index in [4.69, 9.17) is 10.5 Å². The first-order valence-corrected chi connectivity index (χ1v) is 7.39. The predicted molar refractivity (Wildman–Crippen MR) is 83.0 cm³/mol. The van der Waals surface area contributed by atoms with Crippen LogP contribution in [-0.2, 0) is 4.79 Å². The molecule has 4 heteroatoms. The third-order valence-electron chi connectivity index (χ3n) is 3.14. The maximum absolute atomic E-state index is 10.6. The van der Waals surface area contributed by atoms with Crippen LogP contribution in [0.3, 0.4) is 0 Å². The molecule has 3 N–H and O–H groups in total. The van der Waals surface area contributed by atoms with Gasteiger partial charge in [-0.05, 0) is 37.6 Å². The molecule has 112 valence electrons. The minimum Gasteiger partial charge on any atom is -0.484 e. The molecule has 1 aromatic carbocycles. The second-order valence-corrected chi connectivity index (χ2v) is 5.17. The molecule has 0 bridgehead atoms. The van der Waals surface area contributed by atoms with Gasteiger partial charge in [0.1, 0.15) is 5.75 Å². The van der Waals surface area contributed by atoms with Crippen molar-refractivity contribution >= 4 is 11.6 Å². The lowest BCUT2D eigenvalue weighted by atomic mass is 10.1. The summed E-state index contributed by atoms with van der Waals surface area (Å²) >= 11 is 0. The number of nitrogens with two attached hydrogens (primary N) is 1. The molecular weight excluding hydrogens is 252 g/mol. The van der Waals surface area contributed by atoms with Crippen molar-refractivity contribution < 1.29 is 9.53 Å². The molecule has 1 amide bonds. The summed E-state index contributed by atoms with van der Waals surface area (Å²) in [6.45, 7) is 4.34. The zero-order valence-electron chi connectivity index (χ0n) is 12.5. The van der Waals surface area contributed by atoms with Gasteiger partial charge >= 0.3 is 0 Å². The number of nitrogens with one attached hydrogen (secondary N) is 1. The Morgan fingerprint density at radius 1 is 1.25 bits per heavy atom. The van der Waals surface area contributed by atoms with Crippen LogP contribution >= 0.6 is 0 Å². The molecule has 0 saturated carbocycles. The van der Waals surface area contributed by atoms with Gasteiger partial charge in [-0.2, -0.15) is 0 Å². The molecule has 0 aliphatic heterocycles. The van der Waals surface area contributed by atoms with Crippen LogP contribution in [0, 0.1) is 0 Å². The Hall–Kier alpha value is -1.71. The molecule has 4 nitrogen and oxygen atoms in total. The second-order valence-electron chi connectivity index (χ2n) is 5.17. The largest absolute Gasteiger partial charge is 0.484 e. The number of ether oxygens (including phenoxy) is 1. The van der Waals surface area contributed by atoms with Crippen molar-refractivity contribution in [2.45, 2.75) is 52.0 Å². The van der Waals surface area contributed by atoms with E-state index >= 15 is 0 Å². The molecule has 0 fully saturated rings. The number of hydrogen-bond donors (Lipinski definition) is 2. The molecule has 0 radical (unpaired) electrons. The first-order valence-electron chi connectivity index (χ1n) is 7.39. The van der Waals surface area contributed by atoms with E-state index in [-0.39, 0.29) is 6.61 Å². The molecule has 0 spiro atoms. The molecule has 1 aromatic rings. The van der Waals surface area contributed by atoms with Crippen molar-refractivity contribution in [3.05, 3.63) is 24.3 Å². The molecule has 0 heterocycles. The third kappa shape index (κ3) is 7.02. The number of amides is 1. The number of hydrogen-bond acceptors (Lipinski definition) is 3. The Morgan fingerprint density at radius 2 is 1.95 bits per heavy atom. The van der Waals surface area contributed by atoms with Crippen LogP contribution in [0.15, 0.2) is 24.3 Å². The van der Waals surface area contributed by atoms with Crippen molar-refractivity contribution in [3.8, 4) is 5.75 Å². The SMILES string of the molecule is CCCCCCC(C)Nc1ccc(OCC(N)=O)cc1. The lowest BCUT2D eigenvalue weighted by Gasteiger charge is -2.15. The number of benzene rings is 1. The Morgan fingerprint density at radius 3 is 2.55 bits per heavy atom. The van der Waals surface area contributed by atoms with Gasteiger partial charge in [-0.25, -0.2) is 0 Å². The van der Waals surface area contributed by atoms with Crippen molar-refractivity contribution in [3.63, 3.8) is 0 Å². The summed E-state index contributed by atoms with van der Waals surface area (Å²) in [5, 5.41) is 3.46. The topological polar surface area (TPSA) is 64.3 Å². The van der Waals surface area contributed by atoms with Crippen LogP contribution in [0.1, 0.15) is 46.0 Å². The lowest BCUT2D eigenvalue weighted by Crippen LogP contribution is -2.20. The fourth-order valence-electron chi connectivity index (χ4n) is 2.04. The van der Waals surface area contributed by atoms with Gasteiger partial charge in [0.2, 0.25) is 0 Å². The highest BCUT2D eigenvalue weighted by molar-refractivity contribution is 5.75. The van der Waals surface area contributed by atoms with Crippen LogP contribution in [0.2, 0.25) is 0 Å². The molecule has 0 aliphatic carbocycles. The van der Waals surface area contributed by atoms with E-state index in [1.807, 2.05) is 24.3 Å². The van der Waals surface area contributed by atoms with Gasteiger partial charge in [0.25, 0.3) is 5.91 Å². The van der Waals surface area contributed by atoms with Crippen LogP contribution in [0.25, 0.3) is 0 Å². The van der Waals surface area contributed by atoms with E-state index in [2.05, 4.69) is 19.2 Å². The van der Waals surface area contributed by atoms with Crippen molar-refractivity contribution in [2.75, 3.05) is 11.9 Å². The Balaban J connectivity index is 2.31. The second kappa shape index (κ2) is 9.23. The molecule has 1 atom stereocenters. The fraction of sp³-hybridized carbons (Fsp3) is 0.562. The van der Waals surface area contributed by atoms with Gasteiger partial charge in [0, 0.05) is 11.7 Å². The van der Waals surface area contributed by atoms with Crippen molar-refractivity contribution in [1.29, 1.82) is 0 Å². The minimum atomic E-state index is -0.465. The normalized spacial score (nSPS) is 11.9. The Kier molecular flexibility index (Phi) is 7.55. The fourth-order valence-corrected chi connectivity index (χ4v) is 2.04. The first kappa shape index (κ1) is 16.3. The maximum Gasteiger partial charge on any atom is 0.255 e. The van der Waals surface area contributed by atoms with Crippen LogP contribution in [0.4, 0.5) is 5.69 Å². The molecule has 1 unspecified atom stereocenters. The van der Waals surface area contributed by atoms with E-state index in [1.165, 1.54) is 32.1 Å². The highest BCUT2D eigenvalue weighted by Gasteiger charge is 2.03. The van der Waals surface area contributed by atoms with E-state index in [9.17, 15) is 4.79 Å². The van der Waals surface area contributed by atoms with Crippen LogP contribution in [0.5, 0.6) is 5.75 Å². The highest BCUT2D eigenvalue weighted by Crippen LogP contribution is 2.17. The van der Waals surface area contributed by atoms with Gasteiger partial charge in [-0.15, -0.1) is 0 Å². The monoisotopic (exact) mass is 278 g/mol. The standard InChI is InChI=1S/C16H26N2O2/c1-3-4-5-6-7-13(2)18-14-8-10-15(11-9-14)20-12-16(17)19/h8-11,13,18H,3-7,12H2,1-2H3,(H2,17,19). The zero-order chi connectivity index (χ0) is 14.8. The summed E-state index contributed by atoms with van der Waals surface area (Å²) in [4.78, 5) is 10.6. The summed E-state index contributed by atoms with van der Waals surface area (Å²) in [6.07, 6.45) is 6.34. The van der Waals surface area contributed by atoms with Gasteiger partial charge < -0.3 is 15.8 Å². The number of unbranched alkanes of at least 4 members (excludes halogenated alkanes) is 3. The Labute approximate surface area is 121 Å². The van der Waals surface area contributed by atoms with Crippen LogP contribution < -0.4 is 15.8 Å². The van der Waals surface area contributed by atoms with Crippen molar-refractivity contribution in [1.82, 2.24) is 0 Å². The summed E-state index contributed by atoms with van der Waals surface area (Å²) in [7, 11) is 0. The maximum atomic E-state index is 10.6. The van der Waals surface area contributed by atoms with Gasteiger partial charge in [0.15, 0.2) is 6.61 Å². The van der Waals surface area contributed by atoms with Gasteiger partial charge in [0.05, 0.1) is 0 Å². The highest BCUT2D eigenvalue weighted by atomic mass is 16.5. The number of anilines is 1. The van der Waals surface area contributed by atoms with Crippen LogP contribution in [-0.4, -0.2) is 18.6 Å². The van der Waals surface area contributed by atoms with E-state index < -0.39 is 5.91 Å². The molecule has 20 heavy (non-hydrogen) atoms. The average Bonchev–Trinajstić information content (AvgIpc) is 2.43. The third-order valence-corrected chi connectivity index (χ3v) is 3.14. The smallest absolute Gasteiger partial charge is 0.255 e. The molecular formula is C16H26N2O2. The number of carbonyl (C=O) groups is 1. The summed E-state index contributed by atoms with van der Waals surface area (Å²) < 4.78 is 5.22. The molecule has 0 aliphatic rings. The zero-order valence-corrected chi connectivity index (χ0v) is 12.5. The lowest BCUT2D eigenvalue weighted by molar-refractivity contribution is -0.119. The average molecular weight is 278 g/mol. The minimum absolute atomic E-state index is 0.0827. The van der Waals surface area contributed by atoms with Gasteiger partial charge in [-0.1, -0.05) is 32.6 Å². The van der Waals surface area contributed by atoms with E-state index in [1.54, 1.807) is 0 Å².